The lowest BCUT2D eigenvalue weighted by Gasteiger charge is -2.22. The zero-order valence-corrected chi connectivity index (χ0v) is 10.7. The average Bonchev–Trinajstić information content (AvgIpc) is 2.45. The molecule has 0 bridgehead atoms. The summed E-state index contributed by atoms with van der Waals surface area (Å²) >= 11 is 0. The molecule has 2 heterocycles. The molecule has 0 unspecified atom stereocenters. The Morgan fingerprint density at radius 1 is 1.11 bits per heavy atom. The van der Waals surface area contributed by atoms with E-state index in [2.05, 4.69) is 20.3 Å². The van der Waals surface area contributed by atoms with E-state index in [-0.39, 0.29) is 12.0 Å². The summed E-state index contributed by atoms with van der Waals surface area (Å²) in [5.41, 5.74) is 0. The third-order valence-electron chi connectivity index (χ3n) is 2.85. The summed E-state index contributed by atoms with van der Waals surface area (Å²) in [6, 6.07) is 0.493. The summed E-state index contributed by atoms with van der Waals surface area (Å²) in [4.78, 5) is 12.2. The normalized spacial score (nSPS) is 16.3. The predicted octanol–water partition coefficient (Wildman–Crippen LogP) is 0.727. The number of rotatable bonds is 5. The Bertz CT molecular complexity index is 360. The molecule has 0 saturated carbocycles. The van der Waals surface area contributed by atoms with Gasteiger partial charge in [-0.05, 0) is 18.8 Å². The second kappa shape index (κ2) is 6.34. The van der Waals surface area contributed by atoms with Gasteiger partial charge in [0.2, 0.25) is 5.95 Å². The number of anilines is 1. The molecule has 7 nitrogen and oxygen atoms in total. The van der Waals surface area contributed by atoms with Crippen molar-refractivity contribution < 1.29 is 14.2 Å². The van der Waals surface area contributed by atoms with Gasteiger partial charge in [0.15, 0.2) is 0 Å². The Hall–Kier alpha value is -1.63. The Balaban J connectivity index is 1.94. The molecule has 0 atom stereocenters. The van der Waals surface area contributed by atoms with Crippen LogP contribution in [0.1, 0.15) is 12.8 Å². The van der Waals surface area contributed by atoms with Crippen molar-refractivity contribution in [1.82, 2.24) is 15.0 Å². The van der Waals surface area contributed by atoms with E-state index in [0.717, 1.165) is 32.6 Å². The van der Waals surface area contributed by atoms with E-state index in [4.69, 9.17) is 14.2 Å². The third kappa shape index (κ3) is 3.43. The zero-order valence-electron chi connectivity index (χ0n) is 10.7. The highest BCUT2D eigenvalue weighted by molar-refractivity contribution is 5.27. The largest absolute Gasteiger partial charge is 0.467 e. The van der Waals surface area contributed by atoms with E-state index in [0.29, 0.717) is 11.9 Å². The first-order chi connectivity index (χ1) is 8.81. The summed E-state index contributed by atoms with van der Waals surface area (Å²) < 4.78 is 15.3. The van der Waals surface area contributed by atoms with Crippen molar-refractivity contribution in [3.63, 3.8) is 0 Å². The van der Waals surface area contributed by atoms with Crippen molar-refractivity contribution in [2.45, 2.75) is 12.8 Å². The van der Waals surface area contributed by atoms with E-state index in [1.54, 1.807) is 0 Å². The minimum absolute atomic E-state index is 0.247. The van der Waals surface area contributed by atoms with Crippen molar-refractivity contribution >= 4 is 5.95 Å². The van der Waals surface area contributed by atoms with Crippen molar-refractivity contribution in [1.29, 1.82) is 0 Å². The minimum atomic E-state index is 0.247. The first-order valence-electron chi connectivity index (χ1n) is 5.97. The highest BCUT2D eigenvalue weighted by Crippen LogP contribution is 2.16. The van der Waals surface area contributed by atoms with Gasteiger partial charge in [0.1, 0.15) is 0 Å². The molecule has 7 heteroatoms. The van der Waals surface area contributed by atoms with Gasteiger partial charge < -0.3 is 19.5 Å². The summed E-state index contributed by atoms with van der Waals surface area (Å²) in [7, 11) is 3.02. The number of methoxy groups -OCH3 is 2. The molecule has 100 valence electrons. The van der Waals surface area contributed by atoms with Gasteiger partial charge in [0.25, 0.3) is 0 Å². The Kier molecular flexibility index (Phi) is 4.52. The molecule has 1 aromatic rings. The van der Waals surface area contributed by atoms with Crippen LogP contribution in [0.5, 0.6) is 12.0 Å². The molecule has 0 amide bonds. The molecular weight excluding hydrogens is 236 g/mol. The van der Waals surface area contributed by atoms with Crippen LogP contribution in [0.3, 0.4) is 0 Å². The van der Waals surface area contributed by atoms with Gasteiger partial charge in [-0.25, -0.2) is 0 Å². The summed E-state index contributed by atoms with van der Waals surface area (Å²) in [6.45, 7) is 2.48. The summed E-state index contributed by atoms with van der Waals surface area (Å²) in [5.74, 6) is 1.07. The Morgan fingerprint density at radius 3 is 2.28 bits per heavy atom. The van der Waals surface area contributed by atoms with Crippen molar-refractivity contribution in [2.75, 3.05) is 39.3 Å². The molecule has 1 aromatic heterocycles. The van der Waals surface area contributed by atoms with Gasteiger partial charge in [-0.2, -0.15) is 9.97 Å². The fourth-order valence-electron chi connectivity index (χ4n) is 1.79. The highest BCUT2D eigenvalue weighted by atomic mass is 16.5. The second-order valence-corrected chi connectivity index (χ2v) is 4.07. The summed E-state index contributed by atoms with van der Waals surface area (Å²) in [5, 5.41) is 3.19. The van der Waals surface area contributed by atoms with E-state index in [9.17, 15) is 0 Å². The maximum atomic E-state index is 5.32. The van der Waals surface area contributed by atoms with E-state index < -0.39 is 0 Å². The van der Waals surface area contributed by atoms with Gasteiger partial charge in [0.05, 0.1) is 14.2 Å². The lowest BCUT2D eigenvalue weighted by molar-refractivity contribution is 0.0699. The fraction of sp³-hybridized carbons (Fsp3) is 0.727. The first-order valence-corrected chi connectivity index (χ1v) is 5.97. The standard InChI is InChI=1S/C11H18N4O3/c1-16-10-13-9(14-11(15-10)17-2)12-7-8-3-5-18-6-4-8/h8H,3-7H2,1-2H3,(H,12,13,14,15). The van der Waals surface area contributed by atoms with Crippen LogP contribution in [0, 0.1) is 5.92 Å². The quantitative estimate of drug-likeness (QED) is 0.829. The monoisotopic (exact) mass is 254 g/mol. The molecule has 1 N–H and O–H groups in total. The highest BCUT2D eigenvalue weighted by Gasteiger charge is 2.14. The smallest absolute Gasteiger partial charge is 0.324 e. The summed E-state index contributed by atoms with van der Waals surface area (Å²) in [6.07, 6.45) is 2.12. The van der Waals surface area contributed by atoms with Crippen LogP contribution in [-0.4, -0.2) is 48.9 Å². The van der Waals surface area contributed by atoms with Crippen molar-refractivity contribution in [2.24, 2.45) is 5.92 Å². The van der Waals surface area contributed by atoms with Crippen LogP contribution < -0.4 is 14.8 Å². The van der Waals surface area contributed by atoms with Crippen LogP contribution >= 0.6 is 0 Å². The van der Waals surface area contributed by atoms with Crippen LogP contribution in [0.25, 0.3) is 0 Å². The van der Waals surface area contributed by atoms with Crippen LogP contribution in [0.15, 0.2) is 0 Å². The molecule has 0 spiro atoms. The molecule has 1 aliphatic rings. The van der Waals surface area contributed by atoms with Crippen molar-refractivity contribution in [3.8, 4) is 12.0 Å². The number of nitrogens with one attached hydrogen (secondary N) is 1. The number of aromatic nitrogens is 3. The lowest BCUT2D eigenvalue weighted by Crippen LogP contribution is -2.23. The Morgan fingerprint density at radius 2 is 1.72 bits per heavy atom. The zero-order chi connectivity index (χ0) is 12.8. The number of hydrogen-bond donors (Lipinski definition) is 1. The molecule has 0 aliphatic carbocycles. The van der Waals surface area contributed by atoms with Gasteiger partial charge in [0, 0.05) is 19.8 Å². The van der Waals surface area contributed by atoms with Crippen LogP contribution in [0.2, 0.25) is 0 Å². The first kappa shape index (κ1) is 12.8. The fourth-order valence-corrected chi connectivity index (χ4v) is 1.79. The number of nitrogens with zero attached hydrogens (tertiary/aromatic N) is 3. The lowest BCUT2D eigenvalue weighted by atomic mass is 10.0. The molecule has 2 rings (SSSR count). The maximum absolute atomic E-state index is 5.32. The molecule has 0 aromatic carbocycles. The third-order valence-corrected chi connectivity index (χ3v) is 2.85. The van der Waals surface area contributed by atoms with Crippen molar-refractivity contribution in [3.05, 3.63) is 0 Å². The number of hydrogen-bond acceptors (Lipinski definition) is 7. The maximum Gasteiger partial charge on any atom is 0.324 e. The Labute approximate surface area is 106 Å². The van der Waals surface area contributed by atoms with Gasteiger partial charge in [-0.3, -0.25) is 0 Å². The van der Waals surface area contributed by atoms with Gasteiger partial charge in [-0.1, -0.05) is 0 Å². The van der Waals surface area contributed by atoms with E-state index >= 15 is 0 Å². The molecular formula is C11H18N4O3. The molecule has 1 fully saturated rings. The van der Waals surface area contributed by atoms with E-state index in [1.165, 1.54) is 14.2 Å². The predicted molar refractivity (Wildman–Crippen MR) is 65.0 cm³/mol. The van der Waals surface area contributed by atoms with Crippen LogP contribution in [-0.2, 0) is 4.74 Å². The molecule has 0 radical (unpaired) electrons. The molecule has 1 saturated heterocycles. The molecule has 1 aliphatic heterocycles. The average molecular weight is 254 g/mol. The molecule has 18 heavy (non-hydrogen) atoms. The van der Waals surface area contributed by atoms with Crippen LogP contribution in [0.4, 0.5) is 5.95 Å². The second-order valence-electron chi connectivity index (χ2n) is 4.07. The van der Waals surface area contributed by atoms with Gasteiger partial charge >= 0.3 is 12.0 Å². The van der Waals surface area contributed by atoms with Gasteiger partial charge in [-0.15, -0.1) is 4.98 Å². The SMILES string of the molecule is COc1nc(NCC2CCOCC2)nc(OC)n1. The topological polar surface area (TPSA) is 78.4 Å². The minimum Gasteiger partial charge on any atom is -0.467 e. The van der Waals surface area contributed by atoms with E-state index in [1.807, 2.05) is 0 Å². The number of ether oxygens (including phenoxy) is 3.